The second-order valence-corrected chi connectivity index (χ2v) is 13.8. The van der Waals surface area contributed by atoms with Crippen LogP contribution in [0.4, 0.5) is 22.7 Å². The summed E-state index contributed by atoms with van der Waals surface area (Å²) in [5.74, 6) is -1.75. The molecule has 52 heavy (non-hydrogen) atoms. The highest BCUT2D eigenvalue weighted by Crippen LogP contribution is 2.42. The van der Waals surface area contributed by atoms with Gasteiger partial charge in [-0.15, -0.1) is 0 Å². The van der Waals surface area contributed by atoms with Crippen LogP contribution in [-0.4, -0.2) is 112 Å². The summed E-state index contributed by atoms with van der Waals surface area (Å²) in [5.41, 5.74) is 5.27. The fourth-order valence-corrected chi connectivity index (χ4v) is 7.28. The number of benzene rings is 4. The van der Waals surface area contributed by atoms with Crippen molar-refractivity contribution in [2.75, 3.05) is 101 Å². The summed E-state index contributed by atoms with van der Waals surface area (Å²) in [6.45, 7) is 4.91. The minimum Gasteiger partial charge on any atom is -0.507 e. The van der Waals surface area contributed by atoms with E-state index < -0.39 is 11.6 Å². The van der Waals surface area contributed by atoms with Crippen LogP contribution < -0.4 is 20.4 Å². The number of carbonyl (C=O) groups is 2. The number of nitrogens with zero attached hydrogens (tertiary/aromatic N) is 4. The molecule has 2 unspecified atom stereocenters. The maximum atomic E-state index is 14.1. The fraction of sp³-hybridized carbons (Fsp3) is 0.350. The first-order valence-electron chi connectivity index (χ1n) is 17.7. The molecule has 12 heteroatoms. The van der Waals surface area contributed by atoms with E-state index in [2.05, 4.69) is 78.8 Å². The Bertz CT molecular complexity index is 1810. The SMILES string of the molecule is CN(C)c1ccc(C2OCCN2CCNc2ccc(NCCN3CCOC3c3ccc(N(C)C)cc3)c3c2C(=O)c2c(O)ccc(O)c2C3=O)cc1. The molecule has 2 fully saturated rings. The third-order valence-corrected chi connectivity index (χ3v) is 10.1. The van der Waals surface area contributed by atoms with Gasteiger partial charge in [-0.1, -0.05) is 24.3 Å². The molecule has 0 bridgehead atoms. The molecule has 0 spiro atoms. The van der Waals surface area contributed by atoms with Crippen LogP contribution in [0.15, 0.2) is 72.8 Å². The molecule has 2 heterocycles. The number of ketones is 2. The Morgan fingerprint density at radius 1 is 0.596 bits per heavy atom. The number of phenols is 2. The van der Waals surface area contributed by atoms with Gasteiger partial charge in [0.05, 0.1) is 35.5 Å². The lowest BCUT2D eigenvalue weighted by atomic mass is 9.81. The summed E-state index contributed by atoms with van der Waals surface area (Å²) >= 11 is 0. The lowest BCUT2D eigenvalue weighted by Crippen LogP contribution is -2.31. The summed E-state index contributed by atoms with van der Waals surface area (Å²) in [6, 6.07) is 22.7. The van der Waals surface area contributed by atoms with Gasteiger partial charge in [0.25, 0.3) is 0 Å². The number of aromatic hydroxyl groups is 2. The standard InChI is InChI=1S/C40H46N6O6/c1-43(2)27-9-5-25(6-10-27)39-45(21-23-51-39)19-17-41-29-13-14-30(34-33(29)37(49)35-31(47)15-16-32(48)36(35)38(34)50)42-18-20-46-22-24-52-40(46)26-7-11-28(12-8-26)44(3)4/h5-16,39-42,47-48H,17-24H2,1-4H3. The molecule has 0 saturated carbocycles. The number of carbonyl (C=O) groups excluding carboxylic acids is 2. The number of hydrogen-bond acceptors (Lipinski definition) is 12. The zero-order chi connectivity index (χ0) is 36.5. The van der Waals surface area contributed by atoms with Crippen molar-refractivity contribution in [1.29, 1.82) is 0 Å². The minimum absolute atomic E-state index is 0.167. The van der Waals surface area contributed by atoms with E-state index in [0.717, 1.165) is 35.6 Å². The molecule has 7 rings (SSSR count). The molecular weight excluding hydrogens is 660 g/mol. The quantitative estimate of drug-likeness (QED) is 0.132. The zero-order valence-corrected chi connectivity index (χ0v) is 30.1. The van der Waals surface area contributed by atoms with Crippen molar-refractivity contribution in [2.24, 2.45) is 0 Å². The molecule has 2 aliphatic heterocycles. The topological polar surface area (TPSA) is 130 Å². The maximum absolute atomic E-state index is 14.1. The van der Waals surface area contributed by atoms with Gasteiger partial charge in [0.1, 0.15) is 24.0 Å². The van der Waals surface area contributed by atoms with Gasteiger partial charge in [0.15, 0.2) is 0 Å². The van der Waals surface area contributed by atoms with Gasteiger partial charge in [0.2, 0.25) is 11.6 Å². The Hall–Kier alpha value is -5.14. The highest BCUT2D eigenvalue weighted by Gasteiger charge is 2.38. The number of rotatable bonds is 12. The monoisotopic (exact) mass is 706 g/mol. The van der Waals surface area contributed by atoms with E-state index in [1.807, 2.05) is 28.2 Å². The summed E-state index contributed by atoms with van der Waals surface area (Å²) in [6.07, 6.45) is -0.377. The minimum atomic E-state index is -0.526. The molecule has 4 aromatic carbocycles. The lowest BCUT2D eigenvalue weighted by Gasteiger charge is -2.27. The second-order valence-electron chi connectivity index (χ2n) is 13.8. The zero-order valence-electron chi connectivity index (χ0n) is 30.1. The van der Waals surface area contributed by atoms with Crippen molar-refractivity contribution in [3.63, 3.8) is 0 Å². The number of fused-ring (bicyclic) bond motifs is 2. The average molecular weight is 707 g/mol. The number of nitrogens with one attached hydrogen (secondary N) is 2. The molecule has 0 radical (unpaired) electrons. The molecule has 4 aromatic rings. The van der Waals surface area contributed by atoms with Crippen LogP contribution >= 0.6 is 0 Å². The lowest BCUT2D eigenvalue weighted by molar-refractivity contribution is 0.0346. The third kappa shape index (κ3) is 6.78. The van der Waals surface area contributed by atoms with E-state index in [1.165, 1.54) is 12.1 Å². The number of phenolic OH excluding ortho intramolecular Hbond substituents is 2. The largest absolute Gasteiger partial charge is 0.507 e. The molecule has 1 aliphatic carbocycles. The first kappa shape index (κ1) is 35.3. The van der Waals surface area contributed by atoms with Crippen LogP contribution in [0.1, 0.15) is 55.4 Å². The summed E-state index contributed by atoms with van der Waals surface area (Å²) < 4.78 is 12.2. The highest BCUT2D eigenvalue weighted by atomic mass is 16.5. The average Bonchev–Trinajstić information content (AvgIpc) is 3.82. The van der Waals surface area contributed by atoms with Gasteiger partial charge in [0, 0.05) is 90.2 Å². The van der Waals surface area contributed by atoms with Gasteiger partial charge in [-0.2, -0.15) is 0 Å². The van der Waals surface area contributed by atoms with Gasteiger partial charge in [-0.3, -0.25) is 19.4 Å². The normalized spacial score (nSPS) is 18.7. The molecular formula is C40H46N6O6. The number of ether oxygens (including phenoxy) is 2. The van der Waals surface area contributed by atoms with Gasteiger partial charge in [-0.25, -0.2) is 0 Å². The molecule has 4 N–H and O–H groups in total. The predicted molar refractivity (Wildman–Crippen MR) is 202 cm³/mol. The van der Waals surface area contributed by atoms with Crippen molar-refractivity contribution in [2.45, 2.75) is 12.5 Å². The smallest absolute Gasteiger partial charge is 0.200 e. The Kier molecular flexibility index (Phi) is 10.1. The summed E-state index contributed by atoms with van der Waals surface area (Å²) in [5, 5.41) is 28.2. The Balaban J connectivity index is 1.09. The van der Waals surface area contributed by atoms with Crippen molar-refractivity contribution in [1.82, 2.24) is 9.80 Å². The molecule has 2 atom stereocenters. The fourth-order valence-electron chi connectivity index (χ4n) is 7.28. The Morgan fingerprint density at radius 3 is 1.35 bits per heavy atom. The van der Waals surface area contributed by atoms with Gasteiger partial charge >= 0.3 is 0 Å². The number of hydrogen-bond donors (Lipinski definition) is 4. The van der Waals surface area contributed by atoms with Crippen LogP contribution in [0.25, 0.3) is 0 Å². The van der Waals surface area contributed by atoms with E-state index in [0.29, 0.717) is 50.8 Å². The summed E-state index contributed by atoms with van der Waals surface area (Å²) in [7, 11) is 8.03. The third-order valence-electron chi connectivity index (χ3n) is 10.1. The molecule has 0 amide bonds. The van der Waals surface area contributed by atoms with E-state index in [9.17, 15) is 19.8 Å². The molecule has 2 saturated heterocycles. The molecule has 12 nitrogen and oxygen atoms in total. The van der Waals surface area contributed by atoms with Crippen LogP contribution in [0.2, 0.25) is 0 Å². The van der Waals surface area contributed by atoms with E-state index in [4.69, 9.17) is 9.47 Å². The molecule has 3 aliphatic rings. The molecule has 272 valence electrons. The second kappa shape index (κ2) is 14.8. The predicted octanol–water partition coefficient (Wildman–Crippen LogP) is 4.89. The van der Waals surface area contributed by atoms with Crippen molar-refractivity contribution >= 4 is 34.3 Å². The number of anilines is 4. The van der Waals surface area contributed by atoms with Crippen molar-refractivity contribution in [3.8, 4) is 11.5 Å². The summed E-state index contributed by atoms with van der Waals surface area (Å²) in [4.78, 5) is 36.8. The first-order valence-corrected chi connectivity index (χ1v) is 17.7. The van der Waals surface area contributed by atoms with Crippen LogP contribution in [-0.2, 0) is 9.47 Å². The van der Waals surface area contributed by atoms with Crippen LogP contribution in [0, 0.1) is 0 Å². The maximum Gasteiger partial charge on any atom is 0.200 e. The Labute approximate surface area is 304 Å². The van der Waals surface area contributed by atoms with Gasteiger partial charge in [-0.05, 0) is 59.7 Å². The molecule has 0 aromatic heterocycles. The van der Waals surface area contributed by atoms with Crippen LogP contribution in [0.3, 0.4) is 0 Å². The van der Waals surface area contributed by atoms with Crippen molar-refractivity contribution < 1.29 is 29.3 Å². The van der Waals surface area contributed by atoms with E-state index >= 15 is 0 Å². The van der Waals surface area contributed by atoms with E-state index in [-0.39, 0.29) is 46.2 Å². The first-order chi connectivity index (χ1) is 25.1. The highest BCUT2D eigenvalue weighted by molar-refractivity contribution is 6.33. The van der Waals surface area contributed by atoms with E-state index in [1.54, 1.807) is 12.1 Å². The van der Waals surface area contributed by atoms with Crippen molar-refractivity contribution in [3.05, 3.63) is 106 Å². The van der Waals surface area contributed by atoms with Crippen LogP contribution in [0.5, 0.6) is 11.5 Å². The Morgan fingerprint density at radius 2 is 0.981 bits per heavy atom. The van der Waals surface area contributed by atoms with Gasteiger partial charge < -0.3 is 40.1 Å².